The lowest BCUT2D eigenvalue weighted by Gasteiger charge is -2.65. The van der Waals surface area contributed by atoms with Crippen LogP contribution in [0, 0.1) is 68.5 Å². The Morgan fingerprint density at radius 3 is 2.37 bits per heavy atom. The predicted molar refractivity (Wildman–Crippen MR) is 163 cm³/mol. The largest absolute Gasteiger partial charge is 0.458 e. The maximum Gasteiger partial charge on any atom is 0.338 e. The minimum absolute atomic E-state index is 0.0378. The highest BCUT2D eigenvalue weighted by Gasteiger charge is 2.72. The average Bonchev–Trinajstić information content (AvgIpc) is 3.25. The zero-order chi connectivity index (χ0) is 29.8. The molecule has 4 heteroatoms. The Kier molecular flexibility index (Phi) is 8.02. The number of Topliss-reactive ketones (excluding diaryl/α,β-unsaturated/α-hetero) is 1. The fraction of sp³-hybridized carbons (Fsp3) is 0.757. The van der Waals surface area contributed by atoms with Gasteiger partial charge in [-0.1, -0.05) is 85.9 Å². The zero-order valence-electron chi connectivity index (χ0n) is 26.7. The van der Waals surface area contributed by atoms with Crippen molar-refractivity contribution in [1.29, 1.82) is 5.26 Å². The number of fused-ring (bicyclic) bond motifs is 5. The number of ketones is 1. The first kappa shape index (κ1) is 30.3. The molecule has 0 aliphatic heterocycles. The Morgan fingerprint density at radius 1 is 1.00 bits per heavy atom. The maximum atomic E-state index is 14.4. The van der Waals surface area contributed by atoms with Crippen LogP contribution in [0.15, 0.2) is 30.3 Å². The topological polar surface area (TPSA) is 67.2 Å². The number of rotatable bonds is 7. The van der Waals surface area contributed by atoms with E-state index >= 15 is 0 Å². The van der Waals surface area contributed by atoms with E-state index in [0.29, 0.717) is 29.6 Å². The first-order valence-electron chi connectivity index (χ1n) is 16.5. The number of esters is 1. The van der Waals surface area contributed by atoms with Crippen molar-refractivity contribution in [3.8, 4) is 6.07 Å². The summed E-state index contributed by atoms with van der Waals surface area (Å²) >= 11 is 0. The first-order valence-corrected chi connectivity index (χ1v) is 16.5. The van der Waals surface area contributed by atoms with Crippen molar-refractivity contribution in [3.63, 3.8) is 0 Å². The second-order valence-electron chi connectivity index (χ2n) is 15.9. The van der Waals surface area contributed by atoms with Crippen LogP contribution in [0.1, 0.15) is 123 Å². The minimum atomic E-state index is -0.557. The van der Waals surface area contributed by atoms with Crippen molar-refractivity contribution in [3.05, 3.63) is 35.9 Å². The Labute approximate surface area is 249 Å². The lowest BCUT2D eigenvalue weighted by Crippen LogP contribution is -2.65. The van der Waals surface area contributed by atoms with Crippen LogP contribution in [-0.2, 0) is 9.53 Å². The van der Waals surface area contributed by atoms with Gasteiger partial charge in [0.25, 0.3) is 0 Å². The summed E-state index contributed by atoms with van der Waals surface area (Å²) in [6.07, 6.45) is 9.78. The number of benzene rings is 1. The molecule has 9 atom stereocenters. The molecule has 0 heterocycles. The van der Waals surface area contributed by atoms with Gasteiger partial charge in [0, 0.05) is 17.8 Å². The second-order valence-corrected chi connectivity index (χ2v) is 15.9. The van der Waals surface area contributed by atoms with Crippen molar-refractivity contribution >= 4 is 11.8 Å². The zero-order valence-corrected chi connectivity index (χ0v) is 26.7. The van der Waals surface area contributed by atoms with Crippen LogP contribution in [0.3, 0.4) is 0 Å². The van der Waals surface area contributed by atoms with Crippen LogP contribution in [0.5, 0.6) is 0 Å². The summed E-state index contributed by atoms with van der Waals surface area (Å²) in [4.78, 5) is 27.4. The van der Waals surface area contributed by atoms with E-state index in [0.717, 1.165) is 44.4 Å². The van der Waals surface area contributed by atoms with Crippen LogP contribution in [0.4, 0.5) is 0 Å². The van der Waals surface area contributed by atoms with E-state index in [9.17, 15) is 14.9 Å². The van der Waals surface area contributed by atoms with Gasteiger partial charge in [0.15, 0.2) is 0 Å². The van der Waals surface area contributed by atoms with E-state index in [2.05, 4.69) is 54.5 Å². The molecule has 0 radical (unpaired) electrons. The molecule has 0 amide bonds. The Morgan fingerprint density at radius 2 is 1.71 bits per heavy atom. The molecule has 4 nitrogen and oxygen atoms in total. The van der Waals surface area contributed by atoms with Gasteiger partial charge in [-0.25, -0.2) is 4.79 Å². The fourth-order valence-electron chi connectivity index (χ4n) is 10.9. The molecule has 0 aromatic heterocycles. The third-order valence-corrected chi connectivity index (χ3v) is 13.2. The van der Waals surface area contributed by atoms with Crippen LogP contribution < -0.4 is 0 Å². The van der Waals surface area contributed by atoms with Gasteiger partial charge in [-0.05, 0) is 91.1 Å². The molecule has 224 valence electrons. The van der Waals surface area contributed by atoms with Crippen LogP contribution in [0.25, 0.3) is 0 Å². The Bertz CT molecular complexity index is 1180. The summed E-state index contributed by atoms with van der Waals surface area (Å²) in [5, 5.41) is 11.0. The number of hydrogen-bond donors (Lipinski definition) is 0. The fourth-order valence-corrected chi connectivity index (χ4v) is 10.9. The van der Waals surface area contributed by atoms with Crippen molar-refractivity contribution in [2.24, 2.45) is 57.2 Å². The quantitative estimate of drug-likeness (QED) is 0.313. The summed E-state index contributed by atoms with van der Waals surface area (Å²) < 4.78 is 6.17. The van der Waals surface area contributed by atoms with E-state index in [1.54, 1.807) is 12.1 Å². The highest BCUT2D eigenvalue weighted by atomic mass is 16.5. The lowest BCUT2D eigenvalue weighted by atomic mass is 9.37. The Balaban J connectivity index is 1.40. The molecule has 4 aliphatic carbocycles. The molecule has 0 N–H and O–H groups in total. The van der Waals surface area contributed by atoms with Gasteiger partial charge in [0.05, 0.1) is 17.0 Å². The maximum absolute atomic E-state index is 14.4. The van der Waals surface area contributed by atoms with Crippen LogP contribution in [0.2, 0.25) is 0 Å². The second kappa shape index (κ2) is 10.8. The molecule has 0 spiro atoms. The number of hydrogen-bond acceptors (Lipinski definition) is 4. The summed E-state index contributed by atoms with van der Waals surface area (Å²) in [5.74, 6) is 2.05. The highest BCUT2D eigenvalue weighted by Crippen LogP contribution is 2.74. The van der Waals surface area contributed by atoms with Crippen molar-refractivity contribution < 1.29 is 14.3 Å². The number of carbonyl (C=O) groups is 2. The molecular formula is C37H53NO3. The molecule has 0 saturated heterocycles. The molecule has 1 aromatic carbocycles. The van der Waals surface area contributed by atoms with E-state index in [-0.39, 0.29) is 46.1 Å². The molecule has 0 bridgehead atoms. The summed E-state index contributed by atoms with van der Waals surface area (Å²) in [6.45, 7) is 16.2. The Hall–Kier alpha value is -2.15. The smallest absolute Gasteiger partial charge is 0.338 e. The number of nitriles is 1. The van der Waals surface area contributed by atoms with Crippen molar-refractivity contribution in [2.45, 2.75) is 119 Å². The van der Waals surface area contributed by atoms with Gasteiger partial charge in [-0.3, -0.25) is 4.79 Å². The summed E-state index contributed by atoms with van der Waals surface area (Å²) in [6, 6.07) is 12.1. The molecule has 5 rings (SSSR count). The van der Waals surface area contributed by atoms with Crippen LogP contribution >= 0.6 is 0 Å². The standard InChI is InChI=1S/C37H53NO3/c1-24(2)12-11-13-25(3)27-17-21-37(23-38)32-28(16-20-36(27,37)7)35(6)19-18-31(34(4,5)30(35)22-29(32)39)41-33(40)26-14-9-8-10-15-26/h8-10,14-15,24-25,27-28,30-32H,11-13,16-22H2,1-7H3/t25-,27-,28+,30+,31+,32+,35-,36-,37-/m1/s1. The third-order valence-electron chi connectivity index (χ3n) is 13.2. The highest BCUT2D eigenvalue weighted by molar-refractivity contribution is 5.89. The first-order chi connectivity index (χ1) is 19.3. The monoisotopic (exact) mass is 559 g/mol. The minimum Gasteiger partial charge on any atom is -0.458 e. The van der Waals surface area contributed by atoms with E-state index in [1.807, 2.05) is 18.2 Å². The number of ether oxygens (including phenoxy) is 1. The number of carbonyl (C=O) groups excluding carboxylic acids is 2. The average molecular weight is 560 g/mol. The van der Waals surface area contributed by atoms with E-state index in [1.165, 1.54) is 19.3 Å². The van der Waals surface area contributed by atoms with Crippen LogP contribution in [-0.4, -0.2) is 17.9 Å². The van der Waals surface area contributed by atoms with Gasteiger partial charge >= 0.3 is 5.97 Å². The lowest BCUT2D eigenvalue weighted by molar-refractivity contribution is -0.194. The molecule has 4 fully saturated rings. The van der Waals surface area contributed by atoms with Gasteiger partial charge in [-0.2, -0.15) is 5.26 Å². The summed E-state index contributed by atoms with van der Waals surface area (Å²) in [7, 11) is 0. The predicted octanol–water partition coefficient (Wildman–Crippen LogP) is 9.04. The third kappa shape index (κ3) is 4.69. The SMILES string of the molecule is CC(C)CCC[C@@H](C)[C@H]1CC[C@@]2(C#N)[C@@H]3C(=O)C[C@H]4C(C)(C)[C@@H](OC(=O)c5ccccc5)CC[C@]4(C)[C@H]3CC[C@]12C. The molecule has 41 heavy (non-hydrogen) atoms. The molecule has 0 unspecified atom stereocenters. The summed E-state index contributed by atoms with van der Waals surface area (Å²) in [5.41, 5.74) is -0.436. The van der Waals surface area contributed by atoms with Crippen molar-refractivity contribution in [1.82, 2.24) is 0 Å². The molecule has 4 saturated carbocycles. The van der Waals surface area contributed by atoms with Crippen molar-refractivity contribution in [2.75, 3.05) is 0 Å². The van der Waals surface area contributed by atoms with E-state index in [4.69, 9.17) is 4.74 Å². The normalized spacial score (nSPS) is 40.2. The van der Waals surface area contributed by atoms with Gasteiger partial charge in [0.1, 0.15) is 11.9 Å². The van der Waals surface area contributed by atoms with Gasteiger partial charge in [0.2, 0.25) is 0 Å². The van der Waals surface area contributed by atoms with Gasteiger partial charge in [-0.15, -0.1) is 0 Å². The molecular weight excluding hydrogens is 506 g/mol. The number of nitrogens with zero attached hydrogens (tertiary/aromatic N) is 1. The van der Waals surface area contributed by atoms with E-state index < -0.39 is 5.41 Å². The molecule has 1 aromatic rings. The van der Waals surface area contributed by atoms with Gasteiger partial charge < -0.3 is 4.74 Å². The molecule has 4 aliphatic rings.